The van der Waals surface area contributed by atoms with Crippen LogP contribution in [0.3, 0.4) is 0 Å². The molecule has 0 spiro atoms. The number of carbonyl (C=O) groups is 2. The molecule has 0 heterocycles. The van der Waals surface area contributed by atoms with Crippen LogP contribution in [-0.4, -0.2) is 18.4 Å². The van der Waals surface area contributed by atoms with Crippen molar-refractivity contribution in [3.63, 3.8) is 0 Å². The van der Waals surface area contributed by atoms with E-state index < -0.39 is 5.97 Å². The van der Waals surface area contributed by atoms with E-state index in [2.05, 4.69) is 0 Å². The van der Waals surface area contributed by atoms with Crippen LogP contribution in [0.1, 0.15) is 29.8 Å². The van der Waals surface area contributed by atoms with Gasteiger partial charge in [0.1, 0.15) is 5.78 Å². The van der Waals surface area contributed by atoms with Gasteiger partial charge in [-0.3, -0.25) is 4.79 Å². The lowest BCUT2D eigenvalue weighted by atomic mass is 10.1. The largest absolute Gasteiger partial charge is 0.462 e. The minimum Gasteiger partial charge on any atom is -0.462 e. The molecule has 0 saturated heterocycles. The Morgan fingerprint density at radius 3 is 2.56 bits per heavy atom. The summed E-state index contributed by atoms with van der Waals surface area (Å²) < 4.78 is 4.86. The molecule has 1 aromatic rings. The first-order valence-electron chi connectivity index (χ1n) is 4.99. The number of hydrogen-bond donors (Lipinski definition) is 0. The molecule has 0 radical (unpaired) electrons. The first kappa shape index (κ1) is 12.7. The van der Waals surface area contributed by atoms with Gasteiger partial charge >= 0.3 is 5.97 Å². The van der Waals surface area contributed by atoms with Gasteiger partial charge in [-0.1, -0.05) is 11.6 Å². The Bertz CT molecular complexity index is 413. The lowest BCUT2D eigenvalue weighted by Gasteiger charge is -2.05. The highest BCUT2D eigenvalue weighted by Crippen LogP contribution is 2.16. The molecule has 0 atom stereocenters. The molecule has 0 amide bonds. The summed E-state index contributed by atoms with van der Waals surface area (Å²) in [6.07, 6.45) is 0.271. The van der Waals surface area contributed by atoms with Crippen LogP contribution < -0.4 is 0 Å². The minimum atomic E-state index is -0.421. The summed E-state index contributed by atoms with van der Waals surface area (Å²) in [5.41, 5.74) is 1.11. The highest BCUT2D eigenvalue weighted by Gasteiger charge is 2.09. The first-order chi connectivity index (χ1) is 7.52. The summed E-state index contributed by atoms with van der Waals surface area (Å²) in [4.78, 5) is 22.4. The molecule has 0 aliphatic rings. The smallest absolute Gasteiger partial charge is 0.338 e. The van der Waals surface area contributed by atoms with Crippen molar-refractivity contribution < 1.29 is 14.3 Å². The van der Waals surface area contributed by atoms with E-state index in [-0.39, 0.29) is 12.2 Å². The van der Waals surface area contributed by atoms with Gasteiger partial charge in [-0.2, -0.15) is 0 Å². The van der Waals surface area contributed by atoms with Crippen molar-refractivity contribution in [2.45, 2.75) is 20.3 Å². The summed E-state index contributed by atoms with van der Waals surface area (Å²) in [5, 5.41) is 0.432. The number of hydrogen-bond acceptors (Lipinski definition) is 3. The van der Waals surface area contributed by atoms with E-state index in [0.717, 1.165) is 5.56 Å². The minimum absolute atomic E-state index is 0.0251. The predicted molar refractivity (Wildman–Crippen MR) is 61.8 cm³/mol. The monoisotopic (exact) mass is 240 g/mol. The molecule has 86 valence electrons. The summed E-state index contributed by atoms with van der Waals surface area (Å²) in [5.74, 6) is -0.396. The Labute approximate surface area is 99.4 Å². The fourth-order valence-electron chi connectivity index (χ4n) is 1.37. The SMILES string of the molecule is CCOC(=O)c1cc(Cl)cc(CC(C)=O)c1. The number of benzene rings is 1. The second kappa shape index (κ2) is 5.66. The molecule has 1 rings (SSSR count). The van der Waals surface area contributed by atoms with Crippen molar-refractivity contribution in [3.05, 3.63) is 34.3 Å². The average Bonchev–Trinajstić information content (AvgIpc) is 2.15. The number of esters is 1. The van der Waals surface area contributed by atoms with Crippen molar-refractivity contribution in [1.29, 1.82) is 0 Å². The van der Waals surface area contributed by atoms with E-state index in [9.17, 15) is 9.59 Å². The maximum atomic E-state index is 11.5. The highest BCUT2D eigenvalue weighted by molar-refractivity contribution is 6.31. The zero-order valence-electron chi connectivity index (χ0n) is 9.25. The number of rotatable bonds is 4. The molecule has 0 aliphatic carbocycles. The Balaban J connectivity index is 2.97. The van der Waals surface area contributed by atoms with E-state index in [1.807, 2.05) is 0 Å². The zero-order chi connectivity index (χ0) is 12.1. The molecule has 0 fully saturated rings. The van der Waals surface area contributed by atoms with Gasteiger partial charge in [0.15, 0.2) is 0 Å². The summed E-state index contributed by atoms with van der Waals surface area (Å²) in [6.45, 7) is 3.54. The Morgan fingerprint density at radius 2 is 2.00 bits per heavy atom. The lowest BCUT2D eigenvalue weighted by molar-refractivity contribution is -0.116. The van der Waals surface area contributed by atoms with Gasteiger partial charge in [0, 0.05) is 11.4 Å². The quantitative estimate of drug-likeness (QED) is 0.760. The Kier molecular flexibility index (Phi) is 4.50. The fourth-order valence-corrected chi connectivity index (χ4v) is 1.63. The Morgan fingerprint density at radius 1 is 1.31 bits per heavy atom. The molecular formula is C12H13ClO3. The summed E-state index contributed by atoms with van der Waals surface area (Å²) in [7, 11) is 0. The van der Waals surface area contributed by atoms with Crippen LogP contribution in [0.25, 0.3) is 0 Å². The molecule has 0 N–H and O–H groups in total. The van der Waals surface area contributed by atoms with Crippen molar-refractivity contribution in [2.75, 3.05) is 6.61 Å². The second-order valence-electron chi connectivity index (χ2n) is 3.45. The molecule has 0 bridgehead atoms. The maximum Gasteiger partial charge on any atom is 0.338 e. The van der Waals surface area contributed by atoms with Gasteiger partial charge in [-0.15, -0.1) is 0 Å². The van der Waals surface area contributed by atoms with Crippen molar-refractivity contribution in [3.8, 4) is 0 Å². The van der Waals surface area contributed by atoms with Crippen LogP contribution in [0.4, 0.5) is 0 Å². The summed E-state index contributed by atoms with van der Waals surface area (Å²) in [6, 6.07) is 4.83. The van der Waals surface area contributed by atoms with Crippen LogP contribution in [0, 0.1) is 0 Å². The molecule has 3 nitrogen and oxygen atoms in total. The normalized spacial score (nSPS) is 9.94. The average molecular weight is 241 g/mol. The number of halogens is 1. The standard InChI is InChI=1S/C12H13ClO3/c1-3-16-12(15)10-5-9(4-8(2)14)6-11(13)7-10/h5-7H,3-4H2,1-2H3. The number of Topliss-reactive ketones (excluding diaryl/α,β-unsaturated/α-hetero) is 1. The Hall–Kier alpha value is -1.35. The lowest BCUT2D eigenvalue weighted by Crippen LogP contribution is -2.06. The highest BCUT2D eigenvalue weighted by atomic mass is 35.5. The molecule has 1 aromatic carbocycles. The van der Waals surface area contributed by atoms with Gasteiger partial charge < -0.3 is 4.74 Å². The van der Waals surface area contributed by atoms with Gasteiger partial charge in [0.2, 0.25) is 0 Å². The van der Waals surface area contributed by atoms with Crippen LogP contribution in [-0.2, 0) is 16.0 Å². The van der Waals surface area contributed by atoms with Crippen molar-refractivity contribution >= 4 is 23.4 Å². The van der Waals surface area contributed by atoms with Gasteiger partial charge in [0.25, 0.3) is 0 Å². The third-order valence-electron chi connectivity index (χ3n) is 1.92. The molecule has 0 saturated carbocycles. The van der Waals surface area contributed by atoms with E-state index in [1.165, 1.54) is 13.0 Å². The number of carbonyl (C=O) groups excluding carboxylic acids is 2. The zero-order valence-corrected chi connectivity index (χ0v) is 10.0. The van der Waals surface area contributed by atoms with E-state index >= 15 is 0 Å². The van der Waals surface area contributed by atoms with Crippen molar-refractivity contribution in [1.82, 2.24) is 0 Å². The van der Waals surface area contributed by atoms with E-state index in [4.69, 9.17) is 16.3 Å². The third-order valence-corrected chi connectivity index (χ3v) is 2.14. The summed E-state index contributed by atoms with van der Waals surface area (Å²) >= 11 is 5.86. The van der Waals surface area contributed by atoms with E-state index in [0.29, 0.717) is 17.2 Å². The first-order valence-corrected chi connectivity index (χ1v) is 5.36. The van der Waals surface area contributed by atoms with Crippen molar-refractivity contribution in [2.24, 2.45) is 0 Å². The van der Waals surface area contributed by atoms with Crippen LogP contribution in [0.5, 0.6) is 0 Å². The van der Waals surface area contributed by atoms with Gasteiger partial charge in [-0.25, -0.2) is 4.79 Å². The van der Waals surface area contributed by atoms with E-state index in [1.54, 1.807) is 19.1 Å². The van der Waals surface area contributed by atoms with Crippen LogP contribution >= 0.6 is 11.6 Å². The molecule has 16 heavy (non-hydrogen) atoms. The molecule has 0 aliphatic heterocycles. The fraction of sp³-hybridized carbons (Fsp3) is 0.333. The van der Waals surface area contributed by atoms with Crippen LogP contribution in [0.2, 0.25) is 5.02 Å². The van der Waals surface area contributed by atoms with Crippen LogP contribution in [0.15, 0.2) is 18.2 Å². The van der Waals surface area contributed by atoms with Gasteiger partial charge in [0.05, 0.1) is 12.2 Å². The molecular weight excluding hydrogens is 228 g/mol. The molecule has 0 aromatic heterocycles. The number of ether oxygens (including phenoxy) is 1. The second-order valence-corrected chi connectivity index (χ2v) is 3.88. The molecule has 4 heteroatoms. The third kappa shape index (κ3) is 3.66. The van der Waals surface area contributed by atoms with Gasteiger partial charge in [-0.05, 0) is 37.6 Å². The number of ketones is 1. The molecule has 0 unspecified atom stereocenters. The maximum absolute atomic E-state index is 11.5. The topological polar surface area (TPSA) is 43.4 Å². The predicted octanol–water partition coefficient (Wildman–Crippen LogP) is 2.65.